The number of hydrogen-bond donors (Lipinski definition) is 1. The fraction of sp³-hybridized carbons (Fsp3) is 0.370. The lowest BCUT2D eigenvalue weighted by Crippen LogP contribution is -2.48. The predicted molar refractivity (Wildman–Crippen MR) is 144 cm³/mol. The van der Waals surface area contributed by atoms with E-state index in [4.69, 9.17) is 9.97 Å². The molecule has 1 fully saturated rings. The first-order chi connectivity index (χ1) is 17.1. The number of carbonyl (C=O) groups is 1. The number of nitrogens with one attached hydrogen (secondary N) is 1. The fourth-order valence-electron chi connectivity index (χ4n) is 4.48. The third-order valence-corrected chi connectivity index (χ3v) is 7.49. The van der Waals surface area contributed by atoms with Gasteiger partial charge in [0.1, 0.15) is 11.6 Å². The van der Waals surface area contributed by atoms with Crippen LogP contribution in [-0.4, -0.2) is 83.9 Å². The van der Waals surface area contributed by atoms with E-state index >= 15 is 0 Å². The zero-order valence-electron chi connectivity index (χ0n) is 20.4. The molecule has 0 aliphatic carbocycles. The number of fused-ring (bicyclic) bond motifs is 2. The van der Waals surface area contributed by atoms with Crippen molar-refractivity contribution in [2.45, 2.75) is 13.0 Å². The Balaban J connectivity index is 1.22. The molecule has 182 valence electrons. The summed E-state index contributed by atoms with van der Waals surface area (Å²) in [6.07, 6.45) is 1.05. The second-order valence-electron chi connectivity index (χ2n) is 9.31. The predicted octanol–water partition coefficient (Wildman–Crippen LogP) is 4.17. The molecule has 35 heavy (non-hydrogen) atoms. The summed E-state index contributed by atoms with van der Waals surface area (Å²) in [5.74, 6) is 1.86. The number of amides is 1. The number of thiophene rings is 1. The van der Waals surface area contributed by atoms with Crippen molar-refractivity contribution in [1.29, 1.82) is 0 Å². The molecule has 0 saturated carbocycles. The van der Waals surface area contributed by atoms with Crippen molar-refractivity contribution in [2.24, 2.45) is 0 Å². The highest BCUT2D eigenvalue weighted by molar-refractivity contribution is 7.20. The van der Waals surface area contributed by atoms with Crippen LogP contribution in [0, 0.1) is 0 Å². The summed E-state index contributed by atoms with van der Waals surface area (Å²) in [5, 5.41) is 5.72. The van der Waals surface area contributed by atoms with Crippen LogP contribution in [0.4, 0.5) is 5.82 Å². The Morgan fingerprint density at radius 1 is 1.03 bits per heavy atom. The minimum atomic E-state index is 0.136. The lowest BCUT2D eigenvalue weighted by molar-refractivity contribution is 0.0630. The largest absolute Gasteiger partial charge is 0.369 e. The third kappa shape index (κ3) is 5.61. The molecule has 3 heterocycles. The number of benzene rings is 2. The van der Waals surface area contributed by atoms with Gasteiger partial charge in [-0.3, -0.25) is 9.69 Å². The topological polar surface area (TPSA) is 64.6 Å². The second kappa shape index (κ2) is 10.7. The van der Waals surface area contributed by atoms with Gasteiger partial charge in [0.05, 0.1) is 16.9 Å². The summed E-state index contributed by atoms with van der Waals surface area (Å²) in [7, 11) is 4.18. The van der Waals surface area contributed by atoms with Crippen molar-refractivity contribution >= 4 is 44.1 Å². The average Bonchev–Trinajstić information content (AvgIpc) is 3.31. The molecule has 1 aliphatic heterocycles. The number of anilines is 1. The van der Waals surface area contributed by atoms with E-state index in [-0.39, 0.29) is 5.91 Å². The number of piperazine rings is 1. The van der Waals surface area contributed by atoms with E-state index in [2.05, 4.69) is 47.4 Å². The number of hydrogen-bond acceptors (Lipinski definition) is 7. The smallest absolute Gasteiger partial charge is 0.264 e. The minimum Gasteiger partial charge on any atom is -0.369 e. The van der Waals surface area contributed by atoms with Gasteiger partial charge in [0.2, 0.25) is 0 Å². The molecule has 1 saturated heterocycles. The Morgan fingerprint density at radius 3 is 2.60 bits per heavy atom. The maximum atomic E-state index is 13.1. The first-order valence-corrected chi connectivity index (χ1v) is 13.0. The Morgan fingerprint density at radius 2 is 1.80 bits per heavy atom. The summed E-state index contributed by atoms with van der Waals surface area (Å²) < 4.78 is 1.16. The molecule has 1 aliphatic rings. The molecular formula is C27H32N6OS. The zero-order chi connectivity index (χ0) is 24.2. The molecular weight excluding hydrogens is 456 g/mol. The van der Waals surface area contributed by atoms with Crippen LogP contribution in [-0.2, 0) is 6.54 Å². The number of aromatic nitrogens is 2. The monoisotopic (exact) mass is 488 g/mol. The van der Waals surface area contributed by atoms with E-state index in [0.29, 0.717) is 6.54 Å². The highest BCUT2D eigenvalue weighted by atomic mass is 32.1. The highest BCUT2D eigenvalue weighted by Crippen LogP contribution is 2.27. The van der Waals surface area contributed by atoms with Crippen LogP contribution in [0.1, 0.15) is 21.9 Å². The van der Waals surface area contributed by atoms with Crippen molar-refractivity contribution in [1.82, 2.24) is 24.7 Å². The Bertz CT molecular complexity index is 1280. The third-order valence-electron chi connectivity index (χ3n) is 6.38. The van der Waals surface area contributed by atoms with Crippen LogP contribution in [0.3, 0.4) is 0 Å². The SMILES string of the molecule is CN(C)CCCNc1nc(CN2CCN(C(=O)c3cc4ccccc4s3)CC2)nc2ccccc12. The number of nitrogens with zero attached hydrogens (tertiary/aromatic N) is 5. The van der Waals surface area contributed by atoms with Gasteiger partial charge in [-0.15, -0.1) is 11.3 Å². The summed E-state index contributed by atoms with van der Waals surface area (Å²) in [6, 6.07) is 18.4. The van der Waals surface area contributed by atoms with Crippen LogP contribution >= 0.6 is 11.3 Å². The Hall–Kier alpha value is -3.07. The Labute approximate surface area is 210 Å². The maximum absolute atomic E-state index is 13.1. The van der Waals surface area contributed by atoms with Crippen LogP contribution in [0.2, 0.25) is 0 Å². The van der Waals surface area contributed by atoms with Crippen LogP contribution in [0.5, 0.6) is 0 Å². The summed E-state index contributed by atoms with van der Waals surface area (Å²) >= 11 is 1.58. The summed E-state index contributed by atoms with van der Waals surface area (Å²) in [6.45, 7) is 5.66. The van der Waals surface area contributed by atoms with Gasteiger partial charge >= 0.3 is 0 Å². The molecule has 0 atom stereocenters. The quantitative estimate of drug-likeness (QED) is 0.376. The van der Waals surface area contributed by atoms with Crippen molar-refractivity contribution in [3.8, 4) is 0 Å². The molecule has 0 unspecified atom stereocenters. The van der Waals surface area contributed by atoms with Gasteiger partial charge in [-0.25, -0.2) is 9.97 Å². The molecule has 2 aromatic carbocycles. The highest BCUT2D eigenvalue weighted by Gasteiger charge is 2.24. The van der Waals surface area contributed by atoms with E-state index in [1.807, 2.05) is 41.3 Å². The van der Waals surface area contributed by atoms with Gasteiger partial charge < -0.3 is 15.1 Å². The molecule has 2 aromatic heterocycles. The minimum absolute atomic E-state index is 0.136. The van der Waals surface area contributed by atoms with Gasteiger partial charge in [-0.1, -0.05) is 30.3 Å². The maximum Gasteiger partial charge on any atom is 0.264 e. The van der Waals surface area contributed by atoms with E-state index < -0.39 is 0 Å². The van der Waals surface area contributed by atoms with E-state index in [9.17, 15) is 4.79 Å². The van der Waals surface area contributed by atoms with E-state index in [1.54, 1.807) is 11.3 Å². The van der Waals surface area contributed by atoms with Gasteiger partial charge in [0.25, 0.3) is 5.91 Å². The molecule has 1 N–H and O–H groups in total. The molecule has 5 rings (SSSR count). The number of rotatable bonds is 8. The standard InChI is InChI=1S/C27H32N6OS/c1-31(2)13-7-12-28-26-21-9-4-5-10-22(21)29-25(30-26)19-32-14-16-33(17-15-32)27(34)24-18-20-8-3-6-11-23(20)35-24/h3-6,8-11,18H,7,12-17,19H2,1-2H3,(H,28,29,30). The Kier molecular flexibility index (Phi) is 7.22. The summed E-state index contributed by atoms with van der Waals surface area (Å²) in [5.41, 5.74) is 0.964. The first kappa shape index (κ1) is 23.7. The van der Waals surface area contributed by atoms with Crippen LogP contribution in [0.25, 0.3) is 21.0 Å². The first-order valence-electron chi connectivity index (χ1n) is 12.2. The van der Waals surface area contributed by atoms with Gasteiger partial charge in [0, 0.05) is 42.8 Å². The van der Waals surface area contributed by atoms with Crippen LogP contribution in [0.15, 0.2) is 54.6 Å². The van der Waals surface area contributed by atoms with E-state index in [0.717, 1.165) is 83.2 Å². The van der Waals surface area contributed by atoms with Crippen molar-refractivity contribution < 1.29 is 4.79 Å². The zero-order valence-corrected chi connectivity index (χ0v) is 21.2. The lowest BCUT2D eigenvalue weighted by atomic mass is 10.2. The summed E-state index contributed by atoms with van der Waals surface area (Å²) in [4.78, 5) is 30.1. The number of carbonyl (C=O) groups excluding carboxylic acids is 1. The van der Waals surface area contributed by atoms with Gasteiger partial charge in [0.15, 0.2) is 0 Å². The molecule has 1 amide bonds. The normalized spacial score (nSPS) is 14.8. The van der Waals surface area contributed by atoms with E-state index in [1.165, 1.54) is 0 Å². The molecule has 8 heteroatoms. The van der Waals surface area contributed by atoms with Crippen LogP contribution < -0.4 is 5.32 Å². The molecule has 0 bridgehead atoms. The molecule has 0 radical (unpaired) electrons. The number of para-hydroxylation sites is 1. The van der Waals surface area contributed by atoms with Gasteiger partial charge in [-0.05, 0) is 56.7 Å². The second-order valence-corrected chi connectivity index (χ2v) is 10.4. The van der Waals surface area contributed by atoms with Crippen molar-refractivity contribution in [3.05, 3.63) is 65.3 Å². The fourth-order valence-corrected chi connectivity index (χ4v) is 5.52. The van der Waals surface area contributed by atoms with Crippen molar-refractivity contribution in [2.75, 3.05) is 58.7 Å². The molecule has 4 aromatic rings. The lowest BCUT2D eigenvalue weighted by Gasteiger charge is -2.34. The molecule has 7 nitrogen and oxygen atoms in total. The molecule has 0 spiro atoms. The van der Waals surface area contributed by atoms with Gasteiger partial charge in [-0.2, -0.15) is 0 Å². The van der Waals surface area contributed by atoms with Crippen molar-refractivity contribution in [3.63, 3.8) is 0 Å². The average molecular weight is 489 g/mol.